The van der Waals surface area contributed by atoms with Crippen LogP contribution in [0.4, 0.5) is 0 Å². The Hall–Kier alpha value is -1.03. The van der Waals surface area contributed by atoms with E-state index in [4.69, 9.17) is 33.2 Å². The topological polar surface area (TPSA) is 81.7 Å². The summed E-state index contributed by atoms with van der Waals surface area (Å²) in [4.78, 5) is 12.6. The van der Waals surface area contributed by atoms with Crippen molar-refractivity contribution in [2.75, 3.05) is 41.7 Å². The molecule has 8 nitrogen and oxygen atoms in total. The number of cyclic esters (lactones) is 1. The van der Waals surface area contributed by atoms with Crippen molar-refractivity contribution in [3.05, 3.63) is 12.2 Å². The smallest absolute Gasteiger partial charge is 0.309 e. The molecule has 0 unspecified atom stereocenters. The second-order valence-corrected chi connectivity index (χ2v) is 8.11. The normalized spacial score (nSPS) is 24.4. The molecule has 0 aromatic rings. The van der Waals surface area contributed by atoms with Crippen LogP contribution in [0.5, 0.6) is 0 Å². The molecule has 1 aliphatic rings. The molecule has 0 N–H and O–H groups in total. The lowest BCUT2D eigenvalue weighted by Crippen LogP contribution is -2.37. The molecule has 0 aliphatic carbocycles. The van der Waals surface area contributed by atoms with Gasteiger partial charge in [-0.1, -0.05) is 57.6 Å². The molecule has 8 heteroatoms. The molecule has 188 valence electrons. The van der Waals surface area contributed by atoms with Crippen molar-refractivity contribution in [1.29, 1.82) is 0 Å². The van der Waals surface area contributed by atoms with Gasteiger partial charge in [-0.25, -0.2) is 0 Å². The van der Waals surface area contributed by atoms with Gasteiger partial charge in [-0.15, -0.1) is 0 Å². The van der Waals surface area contributed by atoms with Gasteiger partial charge in [0.1, 0.15) is 32.6 Å². The molecule has 1 heterocycles. The zero-order valence-electron chi connectivity index (χ0n) is 20.4. The van der Waals surface area contributed by atoms with Crippen LogP contribution in [0.3, 0.4) is 0 Å². The van der Waals surface area contributed by atoms with Crippen molar-refractivity contribution in [3.63, 3.8) is 0 Å². The molecular weight excluding hydrogens is 416 g/mol. The maximum atomic E-state index is 12.6. The molecule has 0 saturated heterocycles. The minimum absolute atomic E-state index is 0.0803. The highest BCUT2D eigenvalue weighted by Gasteiger charge is 2.29. The van der Waals surface area contributed by atoms with Crippen LogP contribution in [0, 0.1) is 0 Å². The molecule has 0 fully saturated rings. The third kappa shape index (κ3) is 13.5. The number of ether oxygens (including phenoxy) is 7. The van der Waals surface area contributed by atoms with E-state index in [1.54, 1.807) is 27.4 Å². The number of unbranched alkanes of at least 4 members (excludes halogenated alkanes) is 6. The van der Waals surface area contributed by atoms with Crippen LogP contribution in [0.1, 0.15) is 71.1 Å². The van der Waals surface area contributed by atoms with Gasteiger partial charge in [0.05, 0.1) is 18.6 Å². The number of hydrogen-bond acceptors (Lipinski definition) is 8. The number of hydrogen-bond donors (Lipinski definition) is 0. The second-order valence-electron chi connectivity index (χ2n) is 8.11. The molecule has 0 radical (unpaired) electrons. The zero-order valence-corrected chi connectivity index (χ0v) is 20.4. The predicted octanol–water partition coefficient (Wildman–Crippen LogP) is 4.36. The summed E-state index contributed by atoms with van der Waals surface area (Å²) in [5, 5.41) is 0. The van der Waals surface area contributed by atoms with Crippen LogP contribution in [-0.2, 0) is 38.0 Å². The average Bonchev–Trinajstić information content (AvgIpc) is 2.79. The highest BCUT2D eigenvalue weighted by Crippen LogP contribution is 2.22. The number of esters is 1. The zero-order chi connectivity index (χ0) is 23.4. The number of carbonyl (C=O) groups is 1. The summed E-state index contributed by atoms with van der Waals surface area (Å²) in [6.45, 7) is 2.54. The minimum Gasteiger partial charge on any atom is -0.462 e. The summed E-state index contributed by atoms with van der Waals surface area (Å²) in [7, 11) is 4.69. The molecule has 1 aliphatic heterocycles. The summed E-state index contributed by atoms with van der Waals surface area (Å²) in [5.74, 6) is -0.287. The molecule has 32 heavy (non-hydrogen) atoms. The summed E-state index contributed by atoms with van der Waals surface area (Å²) in [6.07, 6.45) is 12.0. The van der Waals surface area contributed by atoms with Gasteiger partial charge in [-0.3, -0.25) is 4.79 Å². The first-order valence-corrected chi connectivity index (χ1v) is 11.8. The minimum atomic E-state index is -0.475. The van der Waals surface area contributed by atoms with Gasteiger partial charge in [-0.05, 0) is 12.8 Å². The highest BCUT2D eigenvalue weighted by molar-refractivity contribution is 5.70. The fraction of sp³-hybridized carbons (Fsp3) is 0.875. The maximum Gasteiger partial charge on any atom is 0.309 e. The van der Waals surface area contributed by atoms with Gasteiger partial charge < -0.3 is 33.2 Å². The molecule has 0 saturated carbocycles. The van der Waals surface area contributed by atoms with Gasteiger partial charge in [-0.2, -0.15) is 0 Å². The average molecular weight is 461 g/mol. The van der Waals surface area contributed by atoms with Gasteiger partial charge in [0.15, 0.2) is 0 Å². The first-order chi connectivity index (χ1) is 15.6. The summed E-state index contributed by atoms with van der Waals surface area (Å²) >= 11 is 0. The van der Waals surface area contributed by atoms with E-state index in [9.17, 15) is 4.79 Å². The van der Waals surface area contributed by atoms with Crippen molar-refractivity contribution in [2.24, 2.45) is 0 Å². The Morgan fingerprint density at radius 2 is 1.47 bits per heavy atom. The number of rotatable bonds is 17. The van der Waals surface area contributed by atoms with Crippen LogP contribution in [0.25, 0.3) is 0 Å². The van der Waals surface area contributed by atoms with Crippen molar-refractivity contribution in [1.82, 2.24) is 0 Å². The van der Waals surface area contributed by atoms with Crippen molar-refractivity contribution >= 4 is 5.97 Å². The molecule has 0 aromatic heterocycles. The first kappa shape index (κ1) is 29.0. The van der Waals surface area contributed by atoms with E-state index in [0.717, 1.165) is 19.3 Å². The molecule has 1 rings (SSSR count). The van der Waals surface area contributed by atoms with Crippen molar-refractivity contribution < 1.29 is 38.0 Å². The number of carbonyl (C=O) groups excluding carboxylic acids is 1. The summed E-state index contributed by atoms with van der Waals surface area (Å²) < 4.78 is 38.5. The Bertz CT molecular complexity index is 485. The van der Waals surface area contributed by atoms with Crippen molar-refractivity contribution in [2.45, 2.75) is 95.5 Å². The standard InChI is InChI=1S/C24H44O8/c1-5-6-7-8-9-10-11-12-21-15-23(31-19-28-4)22(30-18-27-3)14-13-20(29-17-26-2)16-24(25)32-21/h13-14,20-23H,5-12,15-19H2,1-4H3/t20-,21-,22+,23+/m0/s1. The van der Waals surface area contributed by atoms with Crippen LogP contribution in [0.2, 0.25) is 0 Å². The van der Waals surface area contributed by atoms with Gasteiger partial charge >= 0.3 is 5.97 Å². The third-order valence-corrected chi connectivity index (χ3v) is 5.35. The maximum absolute atomic E-state index is 12.6. The SMILES string of the molecule is CCCCCCCCC[C@H]1C[C@@H](OCOC)[C@H](OCOC)C=C[C@H](OCOC)CC(=O)O1. The van der Waals surface area contributed by atoms with Gasteiger partial charge in [0.25, 0.3) is 0 Å². The second kappa shape index (κ2) is 19.4. The molecule has 0 spiro atoms. The van der Waals surface area contributed by atoms with E-state index in [-0.39, 0.29) is 45.0 Å². The Morgan fingerprint density at radius 1 is 0.844 bits per heavy atom. The lowest BCUT2D eigenvalue weighted by atomic mass is 9.99. The molecule has 4 atom stereocenters. The lowest BCUT2D eigenvalue weighted by molar-refractivity contribution is -0.168. The van der Waals surface area contributed by atoms with Crippen LogP contribution >= 0.6 is 0 Å². The fourth-order valence-corrected chi connectivity index (χ4v) is 3.67. The van der Waals surface area contributed by atoms with Crippen LogP contribution in [-0.4, -0.2) is 72.1 Å². The van der Waals surface area contributed by atoms with Gasteiger partial charge in [0, 0.05) is 27.8 Å². The largest absolute Gasteiger partial charge is 0.462 e. The Kier molecular flexibility index (Phi) is 17.6. The monoisotopic (exact) mass is 460 g/mol. The van der Waals surface area contributed by atoms with E-state index >= 15 is 0 Å². The summed E-state index contributed by atoms with van der Waals surface area (Å²) in [6, 6.07) is 0. The molecule has 0 aromatic carbocycles. The Balaban J connectivity index is 2.84. The van der Waals surface area contributed by atoms with E-state index in [1.165, 1.54) is 32.1 Å². The van der Waals surface area contributed by atoms with E-state index < -0.39 is 12.2 Å². The summed E-state index contributed by atoms with van der Waals surface area (Å²) in [5.41, 5.74) is 0. The molecular formula is C24H44O8. The third-order valence-electron chi connectivity index (χ3n) is 5.35. The van der Waals surface area contributed by atoms with Gasteiger partial charge in [0.2, 0.25) is 0 Å². The van der Waals surface area contributed by atoms with E-state index in [1.807, 2.05) is 6.08 Å². The highest BCUT2D eigenvalue weighted by atomic mass is 16.7. The van der Waals surface area contributed by atoms with E-state index in [2.05, 4.69) is 6.92 Å². The molecule has 0 amide bonds. The Morgan fingerprint density at radius 3 is 2.16 bits per heavy atom. The first-order valence-electron chi connectivity index (χ1n) is 11.8. The fourth-order valence-electron chi connectivity index (χ4n) is 3.67. The number of methoxy groups -OCH3 is 3. The quantitative estimate of drug-likeness (QED) is 0.137. The Labute approximate surface area is 193 Å². The van der Waals surface area contributed by atoms with Crippen LogP contribution < -0.4 is 0 Å². The molecule has 0 bridgehead atoms. The van der Waals surface area contributed by atoms with E-state index in [0.29, 0.717) is 6.42 Å². The van der Waals surface area contributed by atoms with Crippen LogP contribution in [0.15, 0.2) is 12.2 Å². The predicted molar refractivity (Wildman–Crippen MR) is 121 cm³/mol. The van der Waals surface area contributed by atoms with Crippen molar-refractivity contribution in [3.8, 4) is 0 Å². The lowest BCUT2D eigenvalue weighted by Gasteiger charge is -2.30.